The Labute approximate surface area is 155 Å². The molecule has 134 valence electrons. The molecule has 1 amide bonds. The van der Waals surface area contributed by atoms with Crippen LogP contribution in [0.25, 0.3) is 22.2 Å². The summed E-state index contributed by atoms with van der Waals surface area (Å²) in [5.41, 5.74) is 3.34. The highest BCUT2D eigenvalue weighted by Gasteiger charge is 2.32. The molecule has 1 fully saturated rings. The zero-order valence-corrected chi connectivity index (χ0v) is 14.6. The average Bonchev–Trinajstić information content (AvgIpc) is 3.47. The van der Waals surface area contributed by atoms with Crippen LogP contribution in [-0.2, 0) is 0 Å². The molecule has 6 heteroatoms. The highest BCUT2D eigenvalue weighted by Crippen LogP contribution is 2.33. The molecule has 27 heavy (non-hydrogen) atoms. The van der Waals surface area contributed by atoms with Gasteiger partial charge in [0.25, 0.3) is 5.91 Å². The number of nitrogens with zero attached hydrogens (tertiary/aromatic N) is 3. The van der Waals surface area contributed by atoms with E-state index in [0.29, 0.717) is 11.5 Å². The Morgan fingerprint density at radius 1 is 1.15 bits per heavy atom. The van der Waals surface area contributed by atoms with Crippen LogP contribution in [0.5, 0.6) is 0 Å². The molecule has 2 aromatic carbocycles. The summed E-state index contributed by atoms with van der Waals surface area (Å²) in [7, 11) is 0. The van der Waals surface area contributed by atoms with E-state index >= 15 is 0 Å². The smallest absolute Gasteiger partial charge is 0.276 e. The molecule has 0 radical (unpaired) electrons. The van der Waals surface area contributed by atoms with Crippen molar-refractivity contribution in [3.63, 3.8) is 0 Å². The lowest BCUT2D eigenvalue weighted by Gasteiger charge is -2.24. The Morgan fingerprint density at radius 2 is 2.04 bits per heavy atom. The summed E-state index contributed by atoms with van der Waals surface area (Å²) in [6.45, 7) is 0.738. The van der Waals surface area contributed by atoms with Crippen molar-refractivity contribution in [3.8, 4) is 11.3 Å². The maximum atomic E-state index is 13.0. The molecule has 3 heterocycles. The van der Waals surface area contributed by atoms with E-state index in [1.165, 1.54) is 0 Å². The Balaban J connectivity index is 1.42. The first-order valence-electron chi connectivity index (χ1n) is 9.06. The zero-order valence-electron chi connectivity index (χ0n) is 14.6. The van der Waals surface area contributed by atoms with Gasteiger partial charge in [0.05, 0.1) is 17.8 Å². The third kappa shape index (κ3) is 2.79. The van der Waals surface area contributed by atoms with Gasteiger partial charge in [0.1, 0.15) is 0 Å². The van der Waals surface area contributed by atoms with Crippen molar-refractivity contribution in [2.45, 2.75) is 18.9 Å². The molecular weight excluding hydrogens is 340 g/mol. The number of hydrogen-bond donors (Lipinski definition) is 1. The van der Waals surface area contributed by atoms with Gasteiger partial charge in [-0.05, 0) is 36.6 Å². The van der Waals surface area contributed by atoms with Gasteiger partial charge in [-0.1, -0.05) is 35.5 Å². The number of amides is 1. The summed E-state index contributed by atoms with van der Waals surface area (Å²) < 4.78 is 5.47. The average molecular weight is 358 g/mol. The van der Waals surface area contributed by atoms with Crippen LogP contribution in [0.2, 0.25) is 0 Å². The number of fused-ring (bicyclic) bond motifs is 1. The minimum Gasteiger partial charge on any atom is -0.355 e. The van der Waals surface area contributed by atoms with Gasteiger partial charge in [-0.15, -0.1) is 0 Å². The minimum atomic E-state index is -0.0826. The number of hydrogen-bond acceptors (Lipinski definition) is 4. The number of aromatic nitrogens is 3. The monoisotopic (exact) mass is 358 g/mol. The van der Waals surface area contributed by atoms with Crippen LogP contribution in [0.15, 0.2) is 65.3 Å². The van der Waals surface area contributed by atoms with Gasteiger partial charge < -0.3 is 9.42 Å². The van der Waals surface area contributed by atoms with E-state index in [1.807, 2.05) is 41.3 Å². The van der Waals surface area contributed by atoms with Crippen LogP contribution in [0.1, 0.15) is 34.9 Å². The standard InChI is InChI=1S/C21H18N4O2/c26-21(25-10-4-7-19(25)14-5-2-1-3-6-14)18-12-20(27-24-18)15-8-9-17-16(11-15)13-22-23-17/h1-3,5-6,8-9,11-13,19H,4,7,10H2,(H,22,23). The Hall–Kier alpha value is -3.41. The van der Waals surface area contributed by atoms with Crippen molar-refractivity contribution in [1.82, 2.24) is 20.3 Å². The number of likely N-dealkylation sites (tertiary alicyclic amines) is 1. The summed E-state index contributed by atoms with van der Waals surface area (Å²) >= 11 is 0. The number of H-pyrrole nitrogens is 1. The van der Waals surface area contributed by atoms with Gasteiger partial charge in [-0.3, -0.25) is 9.89 Å². The molecule has 0 aliphatic carbocycles. The number of carbonyl (C=O) groups is 1. The van der Waals surface area contributed by atoms with Crippen LogP contribution >= 0.6 is 0 Å². The van der Waals surface area contributed by atoms with Crippen LogP contribution in [0.4, 0.5) is 0 Å². The molecular formula is C21H18N4O2. The number of aromatic amines is 1. The molecule has 1 unspecified atom stereocenters. The van der Waals surface area contributed by atoms with Gasteiger partial charge in [0.15, 0.2) is 11.5 Å². The molecule has 0 spiro atoms. The van der Waals surface area contributed by atoms with Crippen molar-refractivity contribution in [2.24, 2.45) is 0 Å². The third-order valence-electron chi connectivity index (χ3n) is 5.15. The lowest BCUT2D eigenvalue weighted by atomic mass is 10.0. The van der Waals surface area contributed by atoms with Crippen LogP contribution in [0, 0.1) is 0 Å². The Bertz CT molecular complexity index is 1100. The fourth-order valence-electron chi connectivity index (χ4n) is 3.79. The second-order valence-electron chi connectivity index (χ2n) is 6.82. The molecule has 1 atom stereocenters. The van der Waals surface area contributed by atoms with E-state index < -0.39 is 0 Å². The molecule has 1 saturated heterocycles. The topological polar surface area (TPSA) is 75.0 Å². The lowest BCUT2D eigenvalue weighted by molar-refractivity contribution is 0.0725. The number of rotatable bonds is 3. The SMILES string of the molecule is O=C(c1cc(-c2ccc3[nH]ncc3c2)on1)N1CCCC1c1ccccc1. The van der Waals surface area contributed by atoms with E-state index in [-0.39, 0.29) is 11.9 Å². The van der Waals surface area contributed by atoms with E-state index in [4.69, 9.17) is 4.52 Å². The largest absolute Gasteiger partial charge is 0.355 e. The van der Waals surface area contributed by atoms with Crippen molar-refractivity contribution in [3.05, 3.63) is 72.1 Å². The third-order valence-corrected chi connectivity index (χ3v) is 5.15. The Morgan fingerprint density at radius 3 is 2.93 bits per heavy atom. The van der Waals surface area contributed by atoms with E-state index in [1.54, 1.807) is 12.3 Å². The van der Waals surface area contributed by atoms with Crippen LogP contribution in [0.3, 0.4) is 0 Å². The second kappa shape index (κ2) is 6.39. The molecule has 0 bridgehead atoms. The fourth-order valence-corrected chi connectivity index (χ4v) is 3.79. The predicted octanol–water partition coefficient (Wildman–Crippen LogP) is 4.20. The van der Waals surface area contributed by atoms with Gasteiger partial charge in [0, 0.05) is 23.6 Å². The lowest BCUT2D eigenvalue weighted by Crippen LogP contribution is -2.30. The molecule has 6 nitrogen and oxygen atoms in total. The van der Waals surface area contributed by atoms with E-state index in [9.17, 15) is 4.79 Å². The minimum absolute atomic E-state index is 0.0826. The van der Waals surface area contributed by atoms with Crippen molar-refractivity contribution >= 4 is 16.8 Å². The number of carbonyl (C=O) groups excluding carboxylic acids is 1. The first kappa shape index (κ1) is 15.8. The summed E-state index contributed by atoms with van der Waals surface area (Å²) in [6.07, 6.45) is 3.72. The molecule has 4 aromatic rings. The first-order chi connectivity index (χ1) is 13.3. The van der Waals surface area contributed by atoms with Crippen LogP contribution < -0.4 is 0 Å². The maximum absolute atomic E-state index is 13.0. The zero-order chi connectivity index (χ0) is 18.2. The summed E-state index contributed by atoms with van der Waals surface area (Å²) in [5, 5.41) is 12.0. The summed E-state index contributed by atoms with van der Waals surface area (Å²) in [4.78, 5) is 14.9. The molecule has 2 aromatic heterocycles. The fraction of sp³-hybridized carbons (Fsp3) is 0.190. The normalized spacial score (nSPS) is 16.9. The van der Waals surface area contributed by atoms with Gasteiger partial charge in [-0.2, -0.15) is 5.10 Å². The van der Waals surface area contributed by atoms with Crippen molar-refractivity contribution in [2.75, 3.05) is 6.54 Å². The van der Waals surface area contributed by atoms with Gasteiger partial charge in [-0.25, -0.2) is 0 Å². The first-order valence-corrected chi connectivity index (χ1v) is 9.06. The van der Waals surface area contributed by atoms with Crippen LogP contribution in [-0.4, -0.2) is 32.7 Å². The number of benzene rings is 2. The van der Waals surface area contributed by atoms with E-state index in [0.717, 1.165) is 41.4 Å². The van der Waals surface area contributed by atoms with Gasteiger partial charge in [0.2, 0.25) is 0 Å². The molecule has 5 rings (SSSR count). The van der Waals surface area contributed by atoms with Crippen molar-refractivity contribution in [1.29, 1.82) is 0 Å². The second-order valence-corrected chi connectivity index (χ2v) is 6.82. The molecule has 1 aliphatic heterocycles. The van der Waals surface area contributed by atoms with Crippen molar-refractivity contribution < 1.29 is 9.32 Å². The highest BCUT2D eigenvalue weighted by molar-refractivity contribution is 5.94. The van der Waals surface area contributed by atoms with Gasteiger partial charge >= 0.3 is 0 Å². The highest BCUT2D eigenvalue weighted by atomic mass is 16.5. The molecule has 0 saturated carbocycles. The molecule has 1 aliphatic rings. The van der Waals surface area contributed by atoms with E-state index in [2.05, 4.69) is 27.5 Å². The molecule has 1 N–H and O–H groups in total. The maximum Gasteiger partial charge on any atom is 0.276 e. The summed E-state index contributed by atoms with van der Waals surface area (Å²) in [5.74, 6) is 0.498. The summed E-state index contributed by atoms with van der Waals surface area (Å²) in [6, 6.07) is 17.8. The quantitative estimate of drug-likeness (QED) is 0.596. The predicted molar refractivity (Wildman–Crippen MR) is 101 cm³/mol. The Kier molecular flexibility index (Phi) is 3.74. The number of nitrogens with one attached hydrogen (secondary N) is 1.